The SMILES string of the molecule is CCC(=O)N1CC(C)NCC1C(C)C. The Hall–Kier alpha value is -0.570. The van der Waals surface area contributed by atoms with E-state index in [0.29, 0.717) is 24.4 Å². The van der Waals surface area contributed by atoms with Crippen LogP contribution in [0.5, 0.6) is 0 Å². The first-order valence-corrected chi connectivity index (χ1v) is 5.59. The van der Waals surface area contributed by atoms with Crippen LogP contribution in [0.2, 0.25) is 0 Å². The molecule has 0 aliphatic carbocycles. The average Bonchev–Trinajstić information content (AvgIpc) is 2.16. The zero-order valence-corrected chi connectivity index (χ0v) is 9.71. The summed E-state index contributed by atoms with van der Waals surface area (Å²) in [6, 6.07) is 0.805. The molecule has 2 unspecified atom stereocenters. The normalized spacial score (nSPS) is 28.2. The smallest absolute Gasteiger partial charge is 0.222 e. The molecule has 1 rings (SSSR count). The number of nitrogens with one attached hydrogen (secondary N) is 1. The fraction of sp³-hybridized carbons (Fsp3) is 0.909. The van der Waals surface area contributed by atoms with Gasteiger partial charge in [-0.1, -0.05) is 20.8 Å². The zero-order valence-electron chi connectivity index (χ0n) is 9.71. The average molecular weight is 198 g/mol. The highest BCUT2D eigenvalue weighted by Crippen LogP contribution is 2.15. The first kappa shape index (κ1) is 11.5. The maximum Gasteiger partial charge on any atom is 0.222 e. The van der Waals surface area contributed by atoms with E-state index in [2.05, 4.69) is 26.1 Å². The predicted molar refractivity (Wildman–Crippen MR) is 58.1 cm³/mol. The number of piperazine rings is 1. The molecule has 1 N–H and O–H groups in total. The number of hydrogen-bond donors (Lipinski definition) is 1. The van der Waals surface area contributed by atoms with Gasteiger partial charge < -0.3 is 10.2 Å². The summed E-state index contributed by atoms with van der Waals surface area (Å²) in [4.78, 5) is 13.8. The Bertz CT molecular complexity index is 203. The maximum atomic E-state index is 11.7. The minimum atomic E-state index is 0.289. The van der Waals surface area contributed by atoms with Gasteiger partial charge in [-0.25, -0.2) is 0 Å². The number of amides is 1. The van der Waals surface area contributed by atoms with Gasteiger partial charge in [-0.15, -0.1) is 0 Å². The van der Waals surface area contributed by atoms with Crippen molar-refractivity contribution in [3.05, 3.63) is 0 Å². The van der Waals surface area contributed by atoms with Crippen molar-refractivity contribution in [1.29, 1.82) is 0 Å². The summed E-state index contributed by atoms with van der Waals surface area (Å²) in [5, 5.41) is 3.43. The van der Waals surface area contributed by atoms with Crippen molar-refractivity contribution in [3.63, 3.8) is 0 Å². The van der Waals surface area contributed by atoms with E-state index < -0.39 is 0 Å². The molecule has 1 aliphatic rings. The van der Waals surface area contributed by atoms with E-state index in [4.69, 9.17) is 0 Å². The Morgan fingerprint density at radius 3 is 2.71 bits per heavy atom. The highest BCUT2D eigenvalue weighted by Gasteiger charge is 2.30. The first-order chi connectivity index (χ1) is 6.56. The Labute approximate surface area is 86.9 Å². The van der Waals surface area contributed by atoms with Crippen molar-refractivity contribution in [2.75, 3.05) is 13.1 Å². The van der Waals surface area contributed by atoms with Gasteiger partial charge in [0.25, 0.3) is 0 Å². The molecule has 0 bridgehead atoms. The van der Waals surface area contributed by atoms with Crippen LogP contribution in [0.1, 0.15) is 34.1 Å². The van der Waals surface area contributed by atoms with Gasteiger partial charge in [0.1, 0.15) is 0 Å². The van der Waals surface area contributed by atoms with Crippen LogP contribution >= 0.6 is 0 Å². The number of carbonyl (C=O) groups excluding carboxylic acids is 1. The standard InChI is InChI=1S/C11H22N2O/c1-5-11(14)13-7-9(4)12-6-10(13)8(2)3/h8-10,12H,5-7H2,1-4H3. The summed E-state index contributed by atoms with van der Waals surface area (Å²) in [5.41, 5.74) is 0. The first-order valence-electron chi connectivity index (χ1n) is 5.59. The topological polar surface area (TPSA) is 32.3 Å². The largest absolute Gasteiger partial charge is 0.337 e. The number of hydrogen-bond acceptors (Lipinski definition) is 2. The number of nitrogens with zero attached hydrogens (tertiary/aromatic N) is 1. The fourth-order valence-corrected chi connectivity index (χ4v) is 2.01. The van der Waals surface area contributed by atoms with Crippen molar-refractivity contribution < 1.29 is 4.79 Å². The summed E-state index contributed by atoms with van der Waals surface area (Å²) in [6.45, 7) is 10.2. The van der Waals surface area contributed by atoms with Gasteiger partial charge in [0.15, 0.2) is 0 Å². The lowest BCUT2D eigenvalue weighted by Crippen LogP contribution is -2.59. The molecule has 82 valence electrons. The molecule has 1 fully saturated rings. The van der Waals surface area contributed by atoms with E-state index in [0.717, 1.165) is 13.1 Å². The molecule has 1 heterocycles. The van der Waals surface area contributed by atoms with Gasteiger partial charge in [0.05, 0.1) is 0 Å². The van der Waals surface area contributed by atoms with Crippen LogP contribution in [0.15, 0.2) is 0 Å². The lowest BCUT2D eigenvalue weighted by molar-refractivity contribution is -0.135. The van der Waals surface area contributed by atoms with Gasteiger partial charge >= 0.3 is 0 Å². The Morgan fingerprint density at radius 1 is 1.57 bits per heavy atom. The molecular formula is C11H22N2O. The van der Waals surface area contributed by atoms with Crippen LogP contribution in [0.25, 0.3) is 0 Å². The lowest BCUT2D eigenvalue weighted by atomic mass is 9.98. The van der Waals surface area contributed by atoms with Gasteiger partial charge in [-0.3, -0.25) is 4.79 Å². The molecule has 3 heteroatoms. The molecular weight excluding hydrogens is 176 g/mol. The third kappa shape index (κ3) is 2.47. The molecule has 0 aromatic heterocycles. The predicted octanol–water partition coefficient (Wildman–Crippen LogP) is 1.24. The van der Waals surface area contributed by atoms with Crippen molar-refractivity contribution >= 4 is 5.91 Å². The van der Waals surface area contributed by atoms with Crippen LogP contribution in [0.3, 0.4) is 0 Å². The van der Waals surface area contributed by atoms with Crippen molar-refractivity contribution in [1.82, 2.24) is 10.2 Å². The van der Waals surface area contributed by atoms with Crippen LogP contribution in [-0.4, -0.2) is 36.0 Å². The summed E-state index contributed by atoms with van der Waals surface area (Å²) in [7, 11) is 0. The maximum absolute atomic E-state index is 11.7. The van der Waals surface area contributed by atoms with Crippen LogP contribution in [0, 0.1) is 5.92 Å². The number of rotatable bonds is 2. The second-order valence-electron chi connectivity index (χ2n) is 4.52. The van der Waals surface area contributed by atoms with Crippen molar-refractivity contribution in [2.24, 2.45) is 5.92 Å². The molecule has 2 atom stereocenters. The third-order valence-corrected chi connectivity index (χ3v) is 2.94. The molecule has 0 saturated carbocycles. The second kappa shape index (κ2) is 4.78. The van der Waals surface area contributed by atoms with Crippen LogP contribution < -0.4 is 5.32 Å². The van der Waals surface area contributed by atoms with Gasteiger partial charge in [-0.2, -0.15) is 0 Å². The van der Waals surface area contributed by atoms with E-state index in [1.165, 1.54) is 0 Å². The third-order valence-electron chi connectivity index (χ3n) is 2.94. The highest BCUT2D eigenvalue weighted by atomic mass is 16.2. The van der Waals surface area contributed by atoms with E-state index in [1.54, 1.807) is 0 Å². The van der Waals surface area contributed by atoms with E-state index >= 15 is 0 Å². The van der Waals surface area contributed by atoms with Crippen molar-refractivity contribution in [3.8, 4) is 0 Å². The van der Waals surface area contributed by atoms with Gasteiger partial charge in [0, 0.05) is 31.6 Å². The number of carbonyl (C=O) groups is 1. The molecule has 0 aromatic rings. The van der Waals surface area contributed by atoms with Crippen LogP contribution in [-0.2, 0) is 4.79 Å². The van der Waals surface area contributed by atoms with Crippen molar-refractivity contribution in [2.45, 2.75) is 46.2 Å². The lowest BCUT2D eigenvalue weighted by Gasteiger charge is -2.41. The van der Waals surface area contributed by atoms with E-state index in [-0.39, 0.29) is 5.91 Å². The Balaban J connectivity index is 2.68. The summed E-state index contributed by atoms with van der Waals surface area (Å²) in [6.07, 6.45) is 0.621. The second-order valence-corrected chi connectivity index (χ2v) is 4.52. The minimum Gasteiger partial charge on any atom is -0.337 e. The Kier molecular flexibility index (Phi) is 3.93. The summed E-state index contributed by atoms with van der Waals surface area (Å²) >= 11 is 0. The molecule has 3 nitrogen and oxygen atoms in total. The van der Waals surface area contributed by atoms with Crippen LogP contribution in [0.4, 0.5) is 0 Å². The summed E-state index contributed by atoms with van der Waals surface area (Å²) < 4.78 is 0. The van der Waals surface area contributed by atoms with E-state index in [9.17, 15) is 4.79 Å². The zero-order chi connectivity index (χ0) is 10.7. The monoisotopic (exact) mass is 198 g/mol. The molecule has 0 aromatic carbocycles. The Morgan fingerprint density at radius 2 is 2.21 bits per heavy atom. The molecule has 0 radical (unpaired) electrons. The molecule has 1 amide bonds. The molecule has 1 saturated heterocycles. The summed E-state index contributed by atoms with van der Waals surface area (Å²) in [5.74, 6) is 0.822. The van der Waals surface area contributed by atoms with Gasteiger partial charge in [0.2, 0.25) is 5.91 Å². The molecule has 1 aliphatic heterocycles. The highest BCUT2D eigenvalue weighted by molar-refractivity contribution is 5.76. The molecule has 0 spiro atoms. The van der Waals surface area contributed by atoms with Gasteiger partial charge in [-0.05, 0) is 12.8 Å². The van der Waals surface area contributed by atoms with E-state index in [1.807, 2.05) is 11.8 Å². The molecule has 14 heavy (non-hydrogen) atoms. The minimum absolute atomic E-state index is 0.289. The quantitative estimate of drug-likeness (QED) is 0.724. The fourth-order valence-electron chi connectivity index (χ4n) is 2.01.